The minimum atomic E-state index is -0.109. The largest absolute Gasteiger partial charge is 0.376 e. The van der Waals surface area contributed by atoms with Gasteiger partial charge in [-0.15, -0.1) is 0 Å². The predicted molar refractivity (Wildman–Crippen MR) is 87.4 cm³/mol. The van der Waals surface area contributed by atoms with Crippen molar-refractivity contribution in [3.63, 3.8) is 0 Å². The molecule has 118 valence electrons. The summed E-state index contributed by atoms with van der Waals surface area (Å²) in [5.41, 5.74) is 2.63. The molecule has 1 unspecified atom stereocenters. The van der Waals surface area contributed by atoms with Crippen LogP contribution in [0, 0.1) is 12.3 Å². The quantitative estimate of drug-likeness (QED) is 0.889. The highest BCUT2D eigenvalue weighted by molar-refractivity contribution is 5.22. The highest BCUT2D eigenvalue weighted by Gasteiger charge is 2.44. The van der Waals surface area contributed by atoms with Crippen LogP contribution >= 0.6 is 0 Å². The van der Waals surface area contributed by atoms with E-state index in [0.717, 1.165) is 25.1 Å². The first kappa shape index (κ1) is 16.4. The van der Waals surface area contributed by atoms with Crippen molar-refractivity contribution in [1.29, 1.82) is 0 Å². The Morgan fingerprint density at radius 1 is 1.24 bits per heavy atom. The van der Waals surface area contributed by atoms with Crippen LogP contribution in [0.25, 0.3) is 0 Å². The molecule has 3 nitrogen and oxygen atoms in total. The first-order chi connectivity index (χ1) is 9.92. The average Bonchev–Trinajstić information content (AvgIpc) is 2.47. The number of nitrogens with zero attached hydrogens (tertiary/aromatic N) is 1. The van der Waals surface area contributed by atoms with Gasteiger partial charge in [-0.1, -0.05) is 26.8 Å². The lowest BCUT2D eigenvalue weighted by Crippen LogP contribution is -2.49. The molecule has 0 aromatic carbocycles. The highest BCUT2D eigenvalue weighted by atomic mass is 16.5. The zero-order valence-electron chi connectivity index (χ0n) is 14.2. The fourth-order valence-electron chi connectivity index (χ4n) is 3.42. The van der Waals surface area contributed by atoms with Gasteiger partial charge < -0.3 is 10.1 Å². The van der Waals surface area contributed by atoms with Crippen LogP contribution < -0.4 is 5.32 Å². The number of aryl methyl sites for hydroxylation is 1. The number of hydrogen-bond donors (Lipinski definition) is 1. The molecule has 1 heterocycles. The van der Waals surface area contributed by atoms with Crippen molar-refractivity contribution in [1.82, 2.24) is 10.3 Å². The van der Waals surface area contributed by atoms with E-state index in [1.165, 1.54) is 18.4 Å². The Bertz CT molecular complexity index is 443. The van der Waals surface area contributed by atoms with E-state index in [4.69, 9.17) is 4.74 Å². The third kappa shape index (κ3) is 3.64. The molecule has 21 heavy (non-hydrogen) atoms. The van der Waals surface area contributed by atoms with E-state index < -0.39 is 0 Å². The van der Waals surface area contributed by atoms with Crippen molar-refractivity contribution < 1.29 is 4.74 Å². The van der Waals surface area contributed by atoms with E-state index in [-0.39, 0.29) is 11.6 Å². The molecule has 0 aliphatic heterocycles. The Morgan fingerprint density at radius 2 is 1.90 bits per heavy atom. The molecule has 1 aliphatic rings. The van der Waals surface area contributed by atoms with Gasteiger partial charge in [0.2, 0.25) is 0 Å². The molecule has 3 heteroatoms. The second-order valence-electron chi connectivity index (χ2n) is 7.16. The van der Waals surface area contributed by atoms with Crippen LogP contribution in [0.4, 0.5) is 0 Å². The summed E-state index contributed by atoms with van der Waals surface area (Å²) in [6.07, 6.45) is 6.62. The summed E-state index contributed by atoms with van der Waals surface area (Å²) >= 11 is 0. The van der Waals surface area contributed by atoms with E-state index in [0.29, 0.717) is 5.41 Å². The van der Waals surface area contributed by atoms with Crippen LogP contribution in [0.5, 0.6) is 0 Å². The van der Waals surface area contributed by atoms with Crippen LogP contribution in [0.15, 0.2) is 18.3 Å². The van der Waals surface area contributed by atoms with Crippen molar-refractivity contribution in [2.45, 2.75) is 65.0 Å². The third-order valence-corrected chi connectivity index (χ3v) is 5.06. The van der Waals surface area contributed by atoms with Crippen LogP contribution in [0.1, 0.15) is 63.8 Å². The van der Waals surface area contributed by atoms with Crippen molar-refractivity contribution in [2.75, 3.05) is 13.7 Å². The van der Waals surface area contributed by atoms with Gasteiger partial charge in [0.05, 0.1) is 11.6 Å². The zero-order valence-corrected chi connectivity index (χ0v) is 14.2. The van der Waals surface area contributed by atoms with Crippen molar-refractivity contribution in [2.24, 2.45) is 5.41 Å². The molecule has 0 amide bonds. The average molecular weight is 290 g/mol. The van der Waals surface area contributed by atoms with Gasteiger partial charge in [0.15, 0.2) is 0 Å². The Labute approximate surface area is 129 Å². The van der Waals surface area contributed by atoms with E-state index in [1.54, 1.807) is 0 Å². The number of hydrogen-bond acceptors (Lipinski definition) is 3. The standard InChI is InChI=1S/C18H30N2O/c1-6-19-16(15-8-7-14(2)20-13-15)18(21-5)11-9-17(3,4)10-12-18/h7-8,13,16,19H,6,9-12H2,1-5H3. The summed E-state index contributed by atoms with van der Waals surface area (Å²) in [4.78, 5) is 4.48. The summed E-state index contributed by atoms with van der Waals surface area (Å²) < 4.78 is 6.08. The number of ether oxygens (including phenoxy) is 1. The Kier molecular flexibility index (Phi) is 5.05. The lowest BCUT2D eigenvalue weighted by Gasteiger charge is -2.47. The first-order valence-corrected chi connectivity index (χ1v) is 8.13. The lowest BCUT2D eigenvalue weighted by molar-refractivity contribution is -0.0874. The topological polar surface area (TPSA) is 34.2 Å². The molecular formula is C18H30N2O. The first-order valence-electron chi connectivity index (χ1n) is 8.13. The SMILES string of the molecule is CCNC(c1ccc(C)nc1)C1(OC)CCC(C)(C)CC1. The lowest BCUT2D eigenvalue weighted by atomic mass is 9.67. The van der Waals surface area contributed by atoms with Gasteiger partial charge in [-0.05, 0) is 56.2 Å². The minimum absolute atomic E-state index is 0.109. The van der Waals surface area contributed by atoms with Gasteiger partial charge in [0.1, 0.15) is 0 Å². The van der Waals surface area contributed by atoms with Gasteiger partial charge in [0, 0.05) is 19.0 Å². The summed E-state index contributed by atoms with van der Waals surface area (Å²) in [6, 6.07) is 4.50. The monoisotopic (exact) mass is 290 g/mol. The maximum Gasteiger partial charge on any atom is 0.0873 e. The summed E-state index contributed by atoms with van der Waals surface area (Å²) in [7, 11) is 1.87. The van der Waals surface area contributed by atoms with Crippen LogP contribution in [-0.2, 0) is 4.74 Å². The maximum absolute atomic E-state index is 6.08. The van der Waals surface area contributed by atoms with Crippen LogP contribution in [-0.4, -0.2) is 24.2 Å². The zero-order chi connectivity index (χ0) is 15.5. The molecule has 1 N–H and O–H groups in total. The number of nitrogens with one attached hydrogen (secondary N) is 1. The number of likely N-dealkylation sites (N-methyl/N-ethyl adjacent to an activating group) is 1. The smallest absolute Gasteiger partial charge is 0.0873 e. The van der Waals surface area contributed by atoms with Crippen LogP contribution in [0.2, 0.25) is 0 Å². The summed E-state index contributed by atoms with van der Waals surface area (Å²) in [6.45, 7) is 9.85. The second-order valence-corrected chi connectivity index (χ2v) is 7.16. The number of pyridine rings is 1. The fourth-order valence-corrected chi connectivity index (χ4v) is 3.42. The Hall–Kier alpha value is -0.930. The highest BCUT2D eigenvalue weighted by Crippen LogP contribution is 2.47. The molecule has 0 saturated heterocycles. The molecule has 1 atom stereocenters. The molecule has 1 aliphatic carbocycles. The molecular weight excluding hydrogens is 260 g/mol. The summed E-state index contributed by atoms with van der Waals surface area (Å²) in [5, 5.41) is 3.64. The van der Waals surface area contributed by atoms with Crippen molar-refractivity contribution in [3.8, 4) is 0 Å². The predicted octanol–water partition coefficient (Wildman–Crippen LogP) is 4.03. The summed E-state index contributed by atoms with van der Waals surface area (Å²) in [5.74, 6) is 0. The molecule has 1 saturated carbocycles. The minimum Gasteiger partial charge on any atom is -0.376 e. The number of methoxy groups -OCH3 is 1. The fraction of sp³-hybridized carbons (Fsp3) is 0.722. The molecule has 1 aromatic heterocycles. The van der Waals surface area contributed by atoms with Crippen molar-refractivity contribution >= 4 is 0 Å². The molecule has 0 spiro atoms. The normalized spacial score (nSPS) is 22.0. The van der Waals surface area contributed by atoms with Gasteiger partial charge >= 0.3 is 0 Å². The number of rotatable bonds is 5. The Morgan fingerprint density at radius 3 is 2.38 bits per heavy atom. The maximum atomic E-state index is 6.08. The van der Waals surface area contributed by atoms with Crippen LogP contribution in [0.3, 0.4) is 0 Å². The molecule has 0 radical (unpaired) electrons. The molecule has 2 rings (SSSR count). The molecule has 1 fully saturated rings. The van der Waals surface area contributed by atoms with E-state index in [9.17, 15) is 0 Å². The molecule has 1 aromatic rings. The Balaban J connectivity index is 2.28. The van der Waals surface area contributed by atoms with Gasteiger partial charge in [0.25, 0.3) is 0 Å². The molecule has 0 bridgehead atoms. The van der Waals surface area contributed by atoms with E-state index in [1.807, 2.05) is 20.2 Å². The van der Waals surface area contributed by atoms with Crippen molar-refractivity contribution in [3.05, 3.63) is 29.6 Å². The third-order valence-electron chi connectivity index (χ3n) is 5.06. The van der Waals surface area contributed by atoms with E-state index >= 15 is 0 Å². The van der Waals surface area contributed by atoms with E-state index in [2.05, 4.69) is 43.2 Å². The van der Waals surface area contributed by atoms with Gasteiger partial charge in [-0.25, -0.2) is 0 Å². The van der Waals surface area contributed by atoms with Gasteiger partial charge in [-0.3, -0.25) is 4.98 Å². The van der Waals surface area contributed by atoms with Gasteiger partial charge in [-0.2, -0.15) is 0 Å². The number of aromatic nitrogens is 1. The second kappa shape index (κ2) is 6.45.